The number of allylic oxidation sites excluding steroid dienone is 1. The first-order valence-corrected chi connectivity index (χ1v) is 4.49. The molecule has 0 atom stereocenters. The van der Waals surface area contributed by atoms with Gasteiger partial charge in [-0.3, -0.25) is 9.69 Å². The van der Waals surface area contributed by atoms with Crippen molar-refractivity contribution in [1.82, 2.24) is 4.90 Å². The van der Waals surface area contributed by atoms with Crippen molar-refractivity contribution in [1.29, 1.82) is 0 Å². The molecule has 14 heavy (non-hydrogen) atoms. The van der Waals surface area contributed by atoms with Crippen LogP contribution in [0.25, 0.3) is 0 Å². The van der Waals surface area contributed by atoms with Crippen molar-refractivity contribution in [3.05, 3.63) is 12.2 Å². The molecule has 2 amide bonds. The second-order valence-corrected chi connectivity index (χ2v) is 2.89. The number of primary amides is 1. The summed E-state index contributed by atoms with van der Waals surface area (Å²) < 4.78 is 0. The topological polar surface area (TPSA) is 83.6 Å². The Bertz CT molecular complexity index is 226. The lowest BCUT2D eigenvalue weighted by Gasteiger charge is -2.14. The van der Waals surface area contributed by atoms with Crippen molar-refractivity contribution < 1.29 is 14.7 Å². The fourth-order valence-electron chi connectivity index (χ4n) is 0.885. The van der Waals surface area contributed by atoms with Crippen molar-refractivity contribution in [3.63, 3.8) is 0 Å². The van der Waals surface area contributed by atoms with Gasteiger partial charge in [-0.2, -0.15) is 0 Å². The Kier molecular flexibility index (Phi) is 6.19. The maximum absolute atomic E-state index is 10.6. The van der Waals surface area contributed by atoms with Crippen LogP contribution in [0.3, 0.4) is 0 Å². The van der Waals surface area contributed by atoms with Crippen molar-refractivity contribution >= 4 is 12.0 Å². The first-order chi connectivity index (χ1) is 6.57. The summed E-state index contributed by atoms with van der Waals surface area (Å²) in [5.41, 5.74) is 4.89. The highest BCUT2D eigenvalue weighted by Crippen LogP contribution is 1.93. The highest BCUT2D eigenvalue weighted by atomic mass is 16.4. The molecule has 0 heterocycles. The van der Waals surface area contributed by atoms with Crippen molar-refractivity contribution in [2.24, 2.45) is 5.73 Å². The summed E-state index contributed by atoms with van der Waals surface area (Å²) in [6, 6.07) is 0. The van der Waals surface area contributed by atoms with Gasteiger partial charge in [0.15, 0.2) is 0 Å². The average molecular weight is 200 g/mol. The van der Waals surface area contributed by atoms with E-state index in [1.807, 2.05) is 13.0 Å². The first-order valence-electron chi connectivity index (χ1n) is 4.49. The van der Waals surface area contributed by atoms with Gasteiger partial charge in [0.05, 0.1) is 0 Å². The normalized spacial score (nSPS) is 10.4. The van der Waals surface area contributed by atoms with Crippen LogP contribution in [0.2, 0.25) is 0 Å². The molecule has 0 aromatic rings. The Balaban J connectivity index is 3.97. The summed E-state index contributed by atoms with van der Waals surface area (Å²) in [6.45, 7) is 1.98. The largest absolute Gasteiger partial charge is 0.465 e. The van der Waals surface area contributed by atoms with Crippen LogP contribution in [-0.2, 0) is 4.79 Å². The average Bonchev–Trinajstić information content (AvgIpc) is 2.09. The van der Waals surface area contributed by atoms with E-state index < -0.39 is 12.0 Å². The van der Waals surface area contributed by atoms with E-state index in [4.69, 9.17) is 10.8 Å². The van der Waals surface area contributed by atoms with Crippen LogP contribution in [0.5, 0.6) is 0 Å². The summed E-state index contributed by atoms with van der Waals surface area (Å²) in [6.07, 6.45) is 4.39. The fourth-order valence-corrected chi connectivity index (χ4v) is 0.885. The predicted molar refractivity (Wildman–Crippen MR) is 52.8 cm³/mol. The minimum Gasteiger partial charge on any atom is -0.465 e. The number of nitrogens with zero attached hydrogens (tertiary/aromatic N) is 1. The van der Waals surface area contributed by atoms with Gasteiger partial charge in [-0.25, -0.2) is 4.79 Å². The molecule has 0 aliphatic carbocycles. The quantitative estimate of drug-likeness (QED) is 0.622. The highest BCUT2D eigenvalue weighted by Gasteiger charge is 2.11. The molecule has 0 spiro atoms. The van der Waals surface area contributed by atoms with Crippen LogP contribution in [0.1, 0.15) is 19.8 Å². The van der Waals surface area contributed by atoms with E-state index in [9.17, 15) is 9.59 Å². The Morgan fingerprint density at radius 3 is 2.50 bits per heavy atom. The van der Waals surface area contributed by atoms with Gasteiger partial charge in [0.2, 0.25) is 5.91 Å². The SMILES string of the molecule is CCC/C=C/CN(CC(N)=O)C(=O)O. The number of hydrogen-bond donors (Lipinski definition) is 2. The minimum absolute atomic E-state index is 0.207. The molecule has 0 aliphatic rings. The molecule has 0 aromatic heterocycles. The van der Waals surface area contributed by atoms with E-state index in [1.165, 1.54) is 0 Å². The van der Waals surface area contributed by atoms with E-state index in [-0.39, 0.29) is 13.1 Å². The van der Waals surface area contributed by atoms with E-state index in [0.29, 0.717) is 0 Å². The number of unbranched alkanes of at least 4 members (excludes halogenated alkanes) is 1. The zero-order valence-electron chi connectivity index (χ0n) is 8.27. The van der Waals surface area contributed by atoms with Gasteiger partial charge in [0.25, 0.3) is 0 Å². The fraction of sp³-hybridized carbons (Fsp3) is 0.556. The molecule has 80 valence electrons. The Morgan fingerprint density at radius 1 is 1.43 bits per heavy atom. The Hall–Kier alpha value is -1.52. The molecule has 3 N–H and O–H groups in total. The number of carboxylic acid groups (broad SMARTS) is 1. The molecule has 0 aliphatic heterocycles. The van der Waals surface area contributed by atoms with Crippen LogP contribution >= 0.6 is 0 Å². The zero-order chi connectivity index (χ0) is 11.0. The summed E-state index contributed by atoms with van der Waals surface area (Å²) in [5.74, 6) is -0.642. The van der Waals surface area contributed by atoms with Gasteiger partial charge in [-0.05, 0) is 6.42 Å². The van der Waals surface area contributed by atoms with Crippen LogP contribution in [0, 0.1) is 0 Å². The van der Waals surface area contributed by atoms with Crippen LogP contribution < -0.4 is 5.73 Å². The first kappa shape index (κ1) is 12.5. The standard InChI is InChI=1S/C9H16N2O3/c1-2-3-4-5-6-11(9(13)14)7-8(10)12/h4-5H,2-3,6-7H2,1H3,(H2,10,12)(H,13,14)/b5-4+. The molecular formula is C9H16N2O3. The third kappa shape index (κ3) is 6.05. The van der Waals surface area contributed by atoms with Crippen molar-refractivity contribution in [2.45, 2.75) is 19.8 Å². The van der Waals surface area contributed by atoms with Gasteiger partial charge < -0.3 is 10.8 Å². The molecule has 5 nitrogen and oxygen atoms in total. The summed E-state index contributed by atoms with van der Waals surface area (Å²) in [5, 5.41) is 8.66. The molecule has 0 aromatic carbocycles. The van der Waals surface area contributed by atoms with Crippen molar-refractivity contribution in [3.8, 4) is 0 Å². The number of carbonyl (C=O) groups is 2. The van der Waals surface area contributed by atoms with E-state index in [0.717, 1.165) is 17.7 Å². The van der Waals surface area contributed by atoms with Gasteiger partial charge in [-0.1, -0.05) is 25.5 Å². The number of rotatable bonds is 6. The lowest BCUT2D eigenvalue weighted by molar-refractivity contribution is -0.118. The molecule has 0 unspecified atom stereocenters. The smallest absolute Gasteiger partial charge is 0.408 e. The number of hydrogen-bond acceptors (Lipinski definition) is 2. The summed E-state index contributed by atoms with van der Waals surface area (Å²) >= 11 is 0. The molecule has 0 radical (unpaired) electrons. The van der Waals surface area contributed by atoms with Gasteiger partial charge in [-0.15, -0.1) is 0 Å². The molecule has 0 fully saturated rings. The zero-order valence-corrected chi connectivity index (χ0v) is 8.27. The maximum atomic E-state index is 10.6. The van der Waals surface area contributed by atoms with Crippen LogP contribution in [0.15, 0.2) is 12.2 Å². The van der Waals surface area contributed by atoms with Gasteiger partial charge in [0.1, 0.15) is 6.54 Å². The molecule has 0 saturated heterocycles. The summed E-state index contributed by atoms with van der Waals surface area (Å²) in [7, 11) is 0. The van der Waals surface area contributed by atoms with E-state index >= 15 is 0 Å². The maximum Gasteiger partial charge on any atom is 0.408 e. The molecule has 0 saturated carbocycles. The summed E-state index contributed by atoms with van der Waals surface area (Å²) in [4.78, 5) is 22.0. The molecule has 0 rings (SSSR count). The van der Waals surface area contributed by atoms with Gasteiger partial charge in [0, 0.05) is 6.54 Å². The lowest BCUT2D eigenvalue weighted by atomic mass is 10.3. The third-order valence-corrected chi connectivity index (χ3v) is 1.57. The second kappa shape index (κ2) is 6.94. The monoisotopic (exact) mass is 200 g/mol. The highest BCUT2D eigenvalue weighted by molar-refractivity contribution is 5.80. The number of nitrogens with two attached hydrogens (primary N) is 1. The van der Waals surface area contributed by atoms with Gasteiger partial charge >= 0.3 is 6.09 Å². The van der Waals surface area contributed by atoms with Crippen molar-refractivity contribution in [2.75, 3.05) is 13.1 Å². The Morgan fingerprint density at radius 2 is 2.07 bits per heavy atom. The van der Waals surface area contributed by atoms with E-state index in [2.05, 4.69) is 0 Å². The number of amides is 2. The van der Waals surface area contributed by atoms with Crippen LogP contribution in [0.4, 0.5) is 4.79 Å². The molecule has 5 heteroatoms. The Labute approximate surface area is 83.2 Å². The second-order valence-electron chi connectivity index (χ2n) is 2.89. The molecule has 0 bridgehead atoms. The van der Waals surface area contributed by atoms with Crippen LogP contribution in [-0.4, -0.2) is 35.1 Å². The predicted octanol–water partition coefficient (Wildman–Crippen LogP) is 0.808. The number of carbonyl (C=O) groups excluding carboxylic acids is 1. The minimum atomic E-state index is -1.13. The third-order valence-electron chi connectivity index (χ3n) is 1.57. The molecular weight excluding hydrogens is 184 g/mol. The van der Waals surface area contributed by atoms with E-state index in [1.54, 1.807) is 6.08 Å². The lowest BCUT2D eigenvalue weighted by Crippen LogP contribution is -2.37.